The highest BCUT2D eigenvalue weighted by atomic mass is 16.1. The zero-order valence-corrected chi connectivity index (χ0v) is 6.98. The van der Waals surface area contributed by atoms with Gasteiger partial charge in [0.05, 0.1) is 6.20 Å². The topological polar surface area (TPSA) is 81.8 Å². The smallest absolute Gasteiger partial charge is 0.270 e. The van der Waals surface area contributed by atoms with E-state index >= 15 is 0 Å². The molecule has 1 aromatic heterocycles. The van der Waals surface area contributed by atoms with Crippen molar-refractivity contribution in [1.29, 1.82) is 0 Å². The Kier molecular flexibility index (Phi) is 2.32. The van der Waals surface area contributed by atoms with E-state index < -0.39 is 5.91 Å². The van der Waals surface area contributed by atoms with E-state index in [0.717, 1.165) is 0 Å². The maximum Gasteiger partial charge on any atom is 0.270 e. The Labute approximate surface area is 70.0 Å². The van der Waals surface area contributed by atoms with Gasteiger partial charge in [0.1, 0.15) is 0 Å². The van der Waals surface area contributed by atoms with Crippen molar-refractivity contribution in [2.45, 2.75) is 19.8 Å². The molecule has 0 aliphatic heterocycles. The van der Waals surface area contributed by atoms with E-state index in [9.17, 15) is 4.79 Å². The molecule has 0 atom stereocenters. The molecule has 5 heteroatoms. The second kappa shape index (κ2) is 3.25. The van der Waals surface area contributed by atoms with E-state index in [1.165, 1.54) is 6.20 Å². The zero-order valence-electron chi connectivity index (χ0n) is 6.98. The molecule has 0 unspecified atom stereocenters. The third-order valence-corrected chi connectivity index (χ3v) is 1.35. The molecule has 0 spiro atoms. The fraction of sp³-hybridized carbons (Fsp3) is 0.429. The molecular weight excluding hydrogens is 156 g/mol. The van der Waals surface area contributed by atoms with Gasteiger partial charge in [0.2, 0.25) is 0 Å². The molecule has 0 aromatic carbocycles. The molecule has 2 N–H and O–H groups in total. The molecule has 0 aliphatic rings. The van der Waals surface area contributed by atoms with Crippen molar-refractivity contribution in [2.24, 2.45) is 5.73 Å². The first kappa shape index (κ1) is 8.58. The van der Waals surface area contributed by atoms with Gasteiger partial charge in [0.15, 0.2) is 11.5 Å². The summed E-state index contributed by atoms with van der Waals surface area (Å²) in [6.45, 7) is 3.89. The molecule has 1 rings (SSSR count). The van der Waals surface area contributed by atoms with Gasteiger partial charge in [-0.1, -0.05) is 13.8 Å². The van der Waals surface area contributed by atoms with Gasteiger partial charge in [-0.2, -0.15) is 0 Å². The third-order valence-electron chi connectivity index (χ3n) is 1.35. The van der Waals surface area contributed by atoms with Crippen LogP contribution in [0.5, 0.6) is 0 Å². The molecule has 0 fully saturated rings. The first-order valence-corrected chi connectivity index (χ1v) is 3.60. The molecule has 0 bridgehead atoms. The Morgan fingerprint density at radius 3 is 2.50 bits per heavy atom. The van der Waals surface area contributed by atoms with Crippen LogP contribution in [0.15, 0.2) is 6.20 Å². The van der Waals surface area contributed by atoms with Crippen LogP contribution in [0.4, 0.5) is 0 Å². The minimum Gasteiger partial charge on any atom is -0.364 e. The van der Waals surface area contributed by atoms with Gasteiger partial charge in [-0.15, -0.1) is 10.2 Å². The number of carbonyl (C=O) groups is 1. The van der Waals surface area contributed by atoms with Crippen molar-refractivity contribution in [1.82, 2.24) is 15.2 Å². The number of nitrogens with two attached hydrogens (primary N) is 1. The average molecular weight is 166 g/mol. The number of aromatic nitrogens is 3. The molecule has 1 heterocycles. The van der Waals surface area contributed by atoms with Crippen LogP contribution in [-0.4, -0.2) is 21.1 Å². The lowest BCUT2D eigenvalue weighted by atomic mass is 10.2. The molecular formula is C7H10N4O. The van der Waals surface area contributed by atoms with Crippen LogP contribution in [0.1, 0.15) is 36.1 Å². The lowest BCUT2D eigenvalue weighted by Gasteiger charge is -2.00. The second-order valence-corrected chi connectivity index (χ2v) is 2.72. The number of nitrogens with zero attached hydrogens (tertiary/aromatic N) is 3. The summed E-state index contributed by atoms with van der Waals surface area (Å²) in [4.78, 5) is 14.5. The van der Waals surface area contributed by atoms with Gasteiger partial charge >= 0.3 is 0 Å². The summed E-state index contributed by atoms with van der Waals surface area (Å²) in [6, 6.07) is 0. The Morgan fingerprint density at radius 2 is 2.17 bits per heavy atom. The highest BCUT2D eigenvalue weighted by molar-refractivity contribution is 5.90. The summed E-state index contributed by atoms with van der Waals surface area (Å²) in [5, 5.41) is 7.35. The van der Waals surface area contributed by atoms with E-state index in [1.54, 1.807) is 0 Å². The average Bonchev–Trinajstić information content (AvgIpc) is 2.04. The number of hydrogen-bond acceptors (Lipinski definition) is 4. The van der Waals surface area contributed by atoms with Crippen molar-refractivity contribution in [3.8, 4) is 0 Å². The summed E-state index contributed by atoms with van der Waals surface area (Å²) in [6.07, 6.45) is 1.34. The van der Waals surface area contributed by atoms with Gasteiger partial charge in [0.25, 0.3) is 5.91 Å². The fourth-order valence-corrected chi connectivity index (χ4v) is 0.661. The summed E-state index contributed by atoms with van der Waals surface area (Å²) >= 11 is 0. The number of primary amides is 1. The van der Waals surface area contributed by atoms with Crippen molar-refractivity contribution >= 4 is 5.91 Å². The number of amides is 1. The molecule has 1 aromatic rings. The standard InChI is InChI=1S/C7H10N4O/c1-4(2)7-9-3-5(6(8)12)10-11-7/h3-4H,1-2H3,(H2,8,12). The number of hydrogen-bond donors (Lipinski definition) is 1. The maximum atomic E-state index is 10.6. The third kappa shape index (κ3) is 1.75. The summed E-state index contributed by atoms with van der Waals surface area (Å²) in [5.74, 6) is 0.213. The number of rotatable bonds is 2. The highest BCUT2D eigenvalue weighted by Crippen LogP contribution is 2.05. The lowest BCUT2D eigenvalue weighted by molar-refractivity contribution is 0.0994. The quantitative estimate of drug-likeness (QED) is 0.675. The van der Waals surface area contributed by atoms with E-state index in [4.69, 9.17) is 5.73 Å². The largest absolute Gasteiger partial charge is 0.364 e. The van der Waals surface area contributed by atoms with E-state index in [2.05, 4.69) is 15.2 Å². The van der Waals surface area contributed by atoms with Crippen LogP contribution in [0.25, 0.3) is 0 Å². The molecule has 64 valence electrons. The Morgan fingerprint density at radius 1 is 1.50 bits per heavy atom. The Bertz CT molecular complexity index is 280. The van der Waals surface area contributed by atoms with Crippen LogP contribution >= 0.6 is 0 Å². The van der Waals surface area contributed by atoms with Gasteiger partial charge in [-0.3, -0.25) is 4.79 Å². The normalized spacial score (nSPS) is 10.2. The summed E-state index contributed by atoms with van der Waals surface area (Å²) < 4.78 is 0. The first-order valence-electron chi connectivity index (χ1n) is 3.60. The van der Waals surface area contributed by atoms with E-state index in [0.29, 0.717) is 5.82 Å². The number of carbonyl (C=O) groups excluding carboxylic acids is 1. The SMILES string of the molecule is CC(C)c1ncc(C(N)=O)nn1. The summed E-state index contributed by atoms with van der Waals surface area (Å²) in [5.41, 5.74) is 5.06. The molecule has 0 radical (unpaired) electrons. The van der Waals surface area contributed by atoms with Crippen molar-refractivity contribution in [3.05, 3.63) is 17.7 Å². The molecule has 0 saturated heterocycles. The Hall–Kier alpha value is -1.52. The fourth-order valence-electron chi connectivity index (χ4n) is 0.661. The predicted molar refractivity (Wildman–Crippen MR) is 42.4 cm³/mol. The molecule has 12 heavy (non-hydrogen) atoms. The van der Waals surface area contributed by atoms with E-state index in [-0.39, 0.29) is 11.6 Å². The van der Waals surface area contributed by atoms with Crippen LogP contribution in [-0.2, 0) is 0 Å². The van der Waals surface area contributed by atoms with Crippen LogP contribution in [0, 0.1) is 0 Å². The monoisotopic (exact) mass is 166 g/mol. The van der Waals surface area contributed by atoms with Crippen molar-refractivity contribution in [3.63, 3.8) is 0 Å². The molecule has 0 saturated carbocycles. The van der Waals surface area contributed by atoms with E-state index in [1.807, 2.05) is 13.8 Å². The Balaban J connectivity index is 2.93. The minimum absolute atomic E-state index is 0.0967. The van der Waals surface area contributed by atoms with Gasteiger partial charge in [-0.05, 0) is 0 Å². The van der Waals surface area contributed by atoms with Gasteiger partial charge in [0, 0.05) is 5.92 Å². The molecule has 0 aliphatic carbocycles. The minimum atomic E-state index is -0.606. The van der Waals surface area contributed by atoms with Crippen LogP contribution in [0.3, 0.4) is 0 Å². The second-order valence-electron chi connectivity index (χ2n) is 2.72. The highest BCUT2D eigenvalue weighted by Gasteiger charge is 2.06. The zero-order chi connectivity index (χ0) is 9.14. The van der Waals surface area contributed by atoms with Gasteiger partial charge < -0.3 is 5.73 Å². The predicted octanol–water partition coefficient (Wildman–Crippen LogP) is 0.0939. The molecule has 5 nitrogen and oxygen atoms in total. The van der Waals surface area contributed by atoms with Crippen molar-refractivity contribution in [2.75, 3.05) is 0 Å². The maximum absolute atomic E-state index is 10.6. The van der Waals surface area contributed by atoms with Crippen LogP contribution < -0.4 is 5.73 Å². The van der Waals surface area contributed by atoms with Gasteiger partial charge in [-0.25, -0.2) is 4.98 Å². The first-order chi connectivity index (χ1) is 5.61. The van der Waals surface area contributed by atoms with Crippen LogP contribution in [0.2, 0.25) is 0 Å². The summed E-state index contributed by atoms with van der Waals surface area (Å²) in [7, 11) is 0. The lowest BCUT2D eigenvalue weighted by Crippen LogP contribution is -2.15. The molecule has 1 amide bonds. The van der Waals surface area contributed by atoms with Crippen molar-refractivity contribution < 1.29 is 4.79 Å².